The summed E-state index contributed by atoms with van der Waals surface area (Å²) in [5.41, 5.74) is 1.42. The van der Waals surface area contributed by atoms with Gasteiger partial charge in [0.25, 0.3) is 0 Å². The number of piperazine rings is 1. The number of carbonyl (C=O) groups is 2. The first-order valence-electron chi connectivity index (χ1n) is 9.15. The molecule has 1 aliphatic rings. The van der Waals surface area contributed by atoms with Crippen LogP contribution in [0.2, 0.25) is 0 Å². The van der Waals surface area contributed by atoms with E-state index in [2.05, 4.69) is 12.4 Å². The maximum Gasteiger partial charge on any atom is 0.222 e. The van der Waals surface area contributed by atoms with Crippen LogP contribution in [-0.2, 0) is 0 Å². The van der Waals surface area contributed by atoms with E-state index in [1.54, 1.807) is 36.4 Å². The summed E-state index contributed by atoms with van der Waals surface area (Å²) in [5, 5.41) is 3.36. The van der Waals surface area contributed by atoms with E-state index in [-0.39, 0.29) is 11.6 Å². The molecule has 1 fully saturated rings. The third kappa shape index (κ3) is 3.35. The van der Waals surface area contributed by atoms with Crippen molar-refractivity contribution in [1.29, 1.82) is 0 Å². The van der Waals surface area contributed by atoms with E-state index in [0.717, 1.165) is 30.7 Å². The fraction of sp³-hybridized carbons (Fsp3) is 0.364. The highest BCUT2D eigenvalue weighted by molar-refractivity contribution is 6.09. The Morgan fingerprint density at radius 3 is 1.92 bits per heavy atom. The van der Waals surface area contributed by atoms with Gasteiger partial charge < -0.3 is 9.80 Å². The molecular formula is C22H27N2O2+. The maximum absolute atomic E-state index is 13.2. The molecule has 2 aromatic rings. The molecule has 136 valence electrons. The minimum Gasteiger partial charge on any atom is -0.313 e. The number of nitrogens with zero attached hydrogens (tertiary/aromatic N) is 1. The molecule has 0 unspecified atom stereocenters. The number of likely N-dealkylation sites (N-methyl/N-ethyl adjacent to an activating group) is 1. The predicted molar refractivity (Wildman–Crippen MR) is 104 cm³/mol. The van der Waals surface area contributed by atoms with Gasteiger partial charge in [0.15, 0.2) is 11.3 Å². The van der Waals surface area contributed by atoms with Gasteiger partial charge in [-0.25, -0.2) is 0 Å². The monoisotopic (exact) mass is 351 g/mol. The molecule has 0 bridgehead atoms. The van der Waals surface area contributed by atoms with Crippen molar-refractivity contribution in [2.24, 2.45) is 0 Å². The molecule has 4 heteroatoms. The van der Waals surface area contributed by atoms with Gasteiger partial charge in [-0.15, -0.1) is 0 Å². The van der Waals surface area contributed by atoms with E-state index in [9.17, 15) is 9.59 Å². The Kier molecular flexibility index (Phi) is 5.08. The van der Waals surface area contributed by atoms with Crippen LogP contribution < -0.4 is 5.32 Å². The topological polar surface area (TPSA) is 46.2 Å². The molecule has 0 spiro atoms. The van der Waals surface area contributed by atoms with E-state index in [1.165, 1.54) is 0 Å². The van der Waals surface area contributed by atoms with Gasteiger partial charge in [-0.05, 0) is 13.8 Å². The number of benzene rings is 2. The molecule has 3 rings (SSSR count). The lowest BCUT2D eigenvalue weighted by Gasteiger charge is -2.48. The average molecular weight is 351 g/mol. The fourth-order valence-corrected chi connectivity index (χ4v) is 3.58. The van der Waals surface area contributed by atoms with Gasteiger partial charge in [0.05, 0.1) is 20.1 Å². The molecule has 0 aromatic heterocycles. The van der Waals surface area contributed by atoms with Gasteiger partial charge in [-0.1, -0.05) is 54.6 Å². The Hall–Kier alpha value is -2.30. The first kappa shape index (κ1) is 18.5. The molecule has 1 saturated heterocycles. The quantitative estimate of drug-likeness (QED) is 0.665. The molecule has 0 saturated carbocycles. The van der Waals surface area contributed by atoms with Crippen molar-refractivity contribution in [2.75, 3.05) is 33.2 Å². The Bertz CT molecular complexity index is 789. The zero-order chi connectivity index (χ0) is 18.8. The molecule has 1 aliphatic heterocycles. The van der Waals surface area contributed by atoms with Crippen molar-refractivity contribution < 1.29 is 14.1 Å². The largest absolute Gasteiger partial charge is 0.313 e. The third-order valence-electron chi connectivity index (χ3n) is 5.91. The lowest BCUT2D eigenvalue weighted by atomic mass is 9.87. The summed E-state index contributed by atoms with van der Waals surface area (Å²) >= 11 is 0. The van der Waals surface area contributed by atoms with Gasteiger partial charge in [-0.3, -0.25) is 9.59 Å². The molecule has 0 amide bonds. The maximum atomic E-state index is 13.2. The number of hydrogen-bond donors (Lipinski definition) is 1. The molecule has 0 aliphatic carbocycles. The van der Waals surface area contributed by atoms with Crippen LogP contribution in [-0.4, -0.2) is 54.8 Å². The van der Waals surface area contributed by atoms with Crippen molar-refractivity contribution in [3.63, 3.8) is 0 Å². The number of nitrogens with one attached hydrogen (secondary N) is 1. The van der Waals surface area contributed by atoms with Crippen LogP contribution in [0.5, 0.6) is 0 Å². The Morgan fingerprint density at radius 1 is 0.846 bits per heavy atom. The van der Waals surface area contributed by atoms with Crippen molar-refractivity contribution in [3.05, 3.63) is 71.3 Å². The average Bonchev–Trinajstić information content (AvgIpc) is 2.68. The van der Waals surface area contributed by atoms with Crippen LogP contribution in [0, 0.1) is 0 Å². The second kappa shape index (κ2) is 7.14. The van der Waals surface area contributed by atoms with Crippen LogP contribution in [0.15, 0.2) is 54.6 Å². The van der Waals surface area contributed by atoms with Gasteiger partial charge in [0, 0.05) is 29.8 Å². The first-order chi connectivity index (χ1) is 12.3. The number of rotatable bonds is 5. The van der Waals surface area contributed by atoms with Crippen LogP contribution in [0.1, 0.15) is 40.1 Å². The lowest BCUT2D eigenvalue weighted by Crippen LogP contribution is -2.68. The van der Waals surface area contributed by atoms with E-state index in [0.29, 0.717) is 16.7 Å². The van der Waals surface area contributed by atoms with Crippen LogP contribution in [0.3, 0.4) is 0 Å². The van der Waals surface area contributed by atoms with Crippen LogP contribution >= 0.6 is 0 Å². The number of hydrogen-bond acceptors (Lipinski definition) is 3. The van der Waals surface area contributed by atoms with Crippen LogP contribution in [0.4, 0.5) is 0 Å². The molecule has 26 heavy (non-hydrogen) atoms. The van der Waals surface area contributed by atoms with Gasteiger partial charge in [0.2, 0.25) is 5.78 Å². The van der Waals surface area contributed by atoms with Crippen molar-refractivity contribution in [2.45, 2.75) is 19.4 Å². The number of quaternary nitrogens is 1. The zero-order valence-electron chi connectivity index (χ0n) is 15.8. The van der Waals surface area contributed by atoms with Gasteiger partial charge in [-0.2, -0.15) is 0 Å². The summed E-state index contributed by atoms with van der Waals surface area (Å²) < 4.78 is 0.726. The Labute approximate surface area is 155 Å². The highest BCUT2D eigenvalue weighted by atomic mass is 16.1. The van der Waals surface area contributed by atoms with E-state index >= 15 is 0 Å². The number of ketones is 2. The number of carbonyl (C=O) groups excluding carboxylic acids is 2. The molecule has 1 N–H and O–H groups in total. The van der Waals surface area contributed by atoms with Crippen molar-refractivity contribution >= 4 is 11.6 Å². The van der Waals surface area contributed by atoms with E-state index < -0.39 is 5.54 Å². The summed E-state index contributed by atoms with van der Waals surface area (Å²) in [6.45, 7) is 7.79. The molecule has 0 atom stereocenters. The second-order valence-electron chi connectivity index (χ2n) is 7.75. The SMILES string of the molecule is CC(C)(C(=O)c1ccc(C(=O)c2ccccc2)cc1)[N+]1(C)CCNCC1. The molecule has 2 aromatic carbocycles. The normalized spacial score (nSPS) is 16.9. The standard InChI is InChI=1S/C22H27N2O2/c1-22(2,24(3)15-13-23-14-16-24)21(26)19-11-9-18(10-12-19)20(25)17-7-5-4-6-8-17/h4-12,23H,13-16H2,1-3H3/q+1. The summed E-state index contributed by atoms with van der Waals surface area (Å²) in [6.07, 6.45) is 0. The smallest absolute Gasteiger partial charge is 0.222 e. The van der Waals surface area contributed by atoms with Crippen molar-refractivity contribution in [1.82, 2.24) is 5.32 Å². The Balaban J connectivity index is 1.81. The van der Waals surface area contributed by atoms with Crippen molar-refractivity contribution in [3.8, 4) is 0 Å². The zero-order valence-corrected chi connectivity index (χ0v) is 15.8. The van der Waals surface area contributed by atoms with Gasteiger partial charge >= 0.3 is 0 Å². The summed E-state index contributed by atoms with van der Waals surface area (Å²) in [4.78, 5) is 25.7. The first-order valence-corrected chi connectivity index (χ1v) is 9.15. The van der Waals surface area contributed by atoms with Gasteiger partial charge in [0.1, 0.15) is 0 Å². The summed E-state index contributed by atoms with van der Waals surface area (Å²) in [6, 6.07) is 16.3. The third-order valence-corrected chi connectivity index (χ3v) is 5.91. The molecule has 0 radical (unpaired) electrons. The molecule has 1 heterocycles. The second-order valence-corrected chi connectivity index (χ2v) is 7.75. The lowest BCUT2D eigenvalue weighted by molar-refractivity contribution is -0.946. The molecule has 4 nitrogen and oxygen atoms in total. The fourth-order valence-electron chi connectivity index (χ4n) is 3.58. The van der Waals surface area contributed by atoms with E-state index in [4.69, 9.17) is 0 Å². The highest BCUT2D eigenvalue weighted by Crippen LogP contribution is 2.28. The molecular weight excluding hydrogens is 324 g/mol. The minimum atomic E-state index is -0.507. The van der Waals surface area contributed by atoms with E-state index in [1.807, 2.05) is 32.0 Å². The summed E-state index contributed by atoms with van der Waals surface area (Å²) in [5.74, 6) is 0.102. The highest BCUT2D eigenvalue weighted by Gasteiger charge is 2.47. The van der Waals surface area contributed by atoms with Crippen LogP contribution in [0.25, 0.3) is 0 Å². The number of Topliss-reactive ketones (excluding diaryl/α,β-unsaturated/α-hetero) is 1. The Morgan fingerprint density at radius 2 is 1.35 bits per heavy atom. The predicted octanol–water partition coefficient (Wildman–Crippen LogP) is 2.93. The summed E-state index contributed by atoms with van der Waals surface area (Å²) in [7, 11) is 2.16. The minimum absolute atomic E-state index is 0.0232.